The summed E-state index contributed by atoms with van der Waals surface area (Å²) in [6.45, 7) is 4.96. The fourth-order valence-electron chi connectivity index (χ4n) is 9.37. The van der Waals surface area contributed by atoms with Gasteiger partial charge >= 0.3 is 17.9 Å². The molecule has 0 aliphatic rings. The molecule has 0 saturated heterocycles. The molecule has 0 aliphatic heterocycles. The number of likely N-dealkylation sites (N-methyl/N-ethyl adjacent to an activating group) is 1. The number of ether oxygens (including phenoxy) is 4. The standard InChI is InChI=1S/C61H119NO8/c1-6-8-10-12-14-16-18-20-22-24-26-28-29-30-32-34-36-38-40-42-44-46-48-50-52-59(64)70-57(56-69-61(60(65)66)67-54-53-62(3,4)5)55-68-58(63)51-49-47-45-43-41-39-37-35-33-31-27-25-23-21-19-17-15-13-11-9-7-2/h57,61H,6-56H2,1-5H3/p+1. The molecule has 0 spiro atoms. The van der Waals surface area contributed by atoms with E-state index in [4.69, 9.17) is 18.9 Å². The van der Waals surface area contributed by atoms with Crippen molar-refractivity contribution in [3.63, 3.8) is 0 Å². The second kappa shape index (κ2) is 53.6. The molecule has 0 aromatic carbocycles. The Hall–Kier alpha value is -1.71. The molecule has 0 amide bonds. The predicted octanol–water partition coefficient (Wildman–Crippen LogP) is 18.0. The average Bonchev–Trinajstić information content (AvgIpc) is 3.33. The number of carboxylic acid groups (broad SMARTS) is 1. The van der Waals surface area contributed by atoms with Crippen LogP contribution >= 0.6 is 0 Å². The van der Waals surface area contributed by atoms with Gasteiger partial charge in [0.2, 0.25) is 0 Å². The van der Waals surface area contributed by atoms with Gasteiger partial charge in [0.25, 0.3) is 6.29 Å². The lowest BCUT2D eigenvalue weighted by Crippen LogP contribution is -2.40. The fourth-order valence-corrected chi connectivity index (χ4v) is 9.37. The smallest absolute Gasteiger partial charge is 0.361 e. The zero-order valence-corrected chi connectivity index (χ0v) is 47.5. The maximum Gasteiger partial charge on any atom is 0.361 e. The molecule has 2 atom stereocenters. The van der Waals surface area contributed by atoms with Gasteiger partial charge in [-0.25, -0.2) is 4.79 Å². The minimum Gasteiger partial charge on any atom is -0.477 e. The van der Waals surface area contributed by atoms with Crippen LogP contribution in [-0.2, 0) is 33.3 Å². The summed E-state index contributed by atoms with van der Waals surface area (Å²) >= 11 is 0. The number of rotatable bonds is 58. The normalized spacial score (nSPS) is 12.6. The summed E-state index contributed by atoms with van der Waals surface area (Å²) < 4.78 is 22.9. The molecule has 70 heavy (non-hydrogen) atoms. The zero-order chi connectivity index (χ0) is 51.3. The van der Waals surface area contributed by atoms with Gasteiger partial charge < -0.3 is 28.5 Å². The minimum absolute atomic E-state index is 0.172. The van der Waals surface area contributed by atoms with Crippen molar-refractivity contribution in [2.75, 3.05) is 47.5 Å². The summed E-state index contributed by atoms with van der Waals surface area (Å²) in [7, 11) is 5.99. The number of unbranched alkanes of at least 4 members (excludes halogenated alkanes) is 43. The highest BCUT2D eigenvalue weighted by atomic mass is 16.7. The van der Waals surface area contributed by atoms with Gasteiger partial charge in [-0.2, -0.15) is 0 Å². The highest BCUT2D eigenvalue weighted by Gasteiger charge is 2.25. The van der Waals surface area contributed by atoms with E-state index in [1.165, 1.54) is 250 Å². The number of carboxylic acids is 1. The fraction of sp³-hybridized carbons (Fsp3) is 0.951. The summed E-state index contributed by atoms with van der Waals surface area (Å²) in [5, 5.41) is 9.71. The van der Waals surface area contributed by atoms with E-state index in [0.29, 0.717) is 17.4 Å². The Bertz CT molecular complexity index is 1110. The van der Waals surface area contributed by atoms with E-state index in [0.717, 1.165) is 38.5 Å². The number of carbonyl (C=O) groups excluding carboxylic acids is 2. The van der Waals surface area contributed by atoms with Crippen molar-refractivity contribution in [3.05, 3.63) is 0 Å². The van der Waals surface area contributed by atoms with Gasteiger partial charge in [-0.3, -0.25) is 9.59 Å². The first-order valence-electron chi connectivity index (χ1n) is 30.7. The van der Waals surface area contributed by atoms with Gasteiger partial charge in [-0.05, 0) is 12.8 Å². The van der Waals surface area contributed by atoms with E-state index >= 15 is 0 Å². The van der Waals surface area contributed by atoms with E-state index in [9.17, 15) is 19.5 Å². The van der Waals surface area contributed by atoms with Gasteiger partial charge in [-0.1, -0.05) is 290 Å². The summed E-state index contributed by atoms with van der Waals surface area (Å²) in [5.74, 6) is -1.97. The number of hydrogen-bond acceptors (Lipinski definition) is 7. The first-order chi connectivity index (χ1) is 34.1. The van der Waals surface area contributed by atoms with Crippen molar-refractivity contribution < 1.29 is 42.9 Å². The topological polar surface area (TPSA) is 108 Å². The molecule has 0 heterocycles. The van der Waals surface area contributed by atoms with Crippen molar-refractivity contribution in [2.45, 2.75) is 328 Å². The largest absolute Gasteiger partial charge is 0.477 e. The Morgan fingerprint density at radius 3 is 0.914 bits per heavy atom. The average molecular weight is 996 g/mol. The Morgan fingerprint density at radius 1 is 0.371 bits per heavy atom. The lowest BCUT2D eigenvalue weighted by atomic mass is 10.0. The molecule has 0 saturated carbocycles. The molecule has 0 radical (unpaired) electrons. The number of esters is 2. The molecule has 9 nitrogen and oxygen atoms in total. The first kappa shape index (κ1) is 68.3. The van der Waals surface area contributed by atoms with Crippen molar-refractivity contribution in [2.24, 2.45) is 0 Å². The van der Waals surface area contributed by atoms with Crippen molar-refractivity contribution in [1.82, 2.24) is 0 Å². The van der Waals surface area contributed by atoms with Crippen molar-refractivity contribution in [1.29, 1.82) is 0 Å². The molecule has 0 aliphatic carbocycles. The third-order valence-corrected chi connectivity index (χ3v) is 14.1. The van der Waals surface area contributed by atoms with Crippen LogP contribution < -0.4 is 0 Å². The van der Waals surface area contributed by atoms with Crippen LogP contribution in [0.3, 0.4) is 0 Å². The molecule has 416 valence electrons. The molecule has 0 aromatic rings. The van der Waals surface area contributed by atoms with Gasteiger partial charge in [0.1, 0.15) is 13.2 Å². The summed E-state index contributed by atoms with van der Waals surface area (Å²) in [4.78, 5) is 37.5. The minimum atomic E-state index is -1.50. The lowest BCUT2D eigenvalue weighted by molar-refractivity contribution is -0.870. The second-order valence-corrected chi connectivity index (χ2v) is 22.4. The van der Waals surface area contributed by atoms with Crippen molar-refractivity contribution >= 4 is 17.9 Å². The monoisotopic (exact) mass is 995 g/mol. The van der Waals surface area contributed by atoms with Crippen LogP contribution in [0.15, 0.2) is 0 Å². The maximum absolute atomic E-state index is 12.9. The Balaban J connectivity index is 4.15. The van der Waals surface area contributed by atoms with Crippen LogP contribution in [0.25, 0.3) is 0 Å². The summed E-state index contributed by atoms with van der Waals surface area (Å²) in [6.07, 6.45) is 57.6. The number of nitrogens with zero attached hydrogens (tertiary/aromatic N) is 1. The Labute approximate surface area is 434 Å². The molecule has 0 fully saturated rings. The summed E-state index contributed by atoms with van der Waals surface area (Å²) in [5.41, 5.74) is 0. The van der Waals surface area contributed by atoms with Gasteiger partial charge in [0.15, 0.2) is 6.10 Å². The molecule has 0 rings (SSSR count). The second-order valence-electron chi connectivity index (χ2n) is 22.4. The van der Waals surface area contributed by atoms with Gasteiger partial charge in [0.05, 0.1) is 34.4 Å². The molecule has 0 aromatic heterocycles. The third kappa shape index (κ3) is 54.1. The van der Waals surface area contributed by atoms with E-state index in [1.807, 2.05) is 21.1 Å². The van der Waals surface area contributed by atoms with Crippen LogP contribution in [0.1, 0.15) is 316 Å². The highest BCUT2D eigenvalue weighted by Crippen LogP contribution is 2.18. The van der Waals surface area contributed by atoms with E-state index < -0.39 is 18.4 Å². The van der Waals surface area contributed by atoms with Crippen LogP contribution in [-0.4, -0.2) is 87.4 Å². The Kier molecular flexibility index (Phi) is 52.3. The molecule has 1 N–H and O–H groups in total. The van der Waals surface area contributed by atoms with E-state index in [2.05, 4.69) is 13.8 Å². The van der Waals surface area contributed by atoms with Crippen LogP contribution in [0.2, 0.25) is 0 Å². The van der Waals surface area contributed by atoms with Gasteiger partial charge in [-0.15, -0.1) is 0 Å². The molecule has 0 bridgehead atoms. The quantitative estimate of drug-likeness (QED) is 0.0278. The highest BCUT2D eigenvalue weighted by molar-refractivity contribution is 5.71. The van der Waals surface area contributed by atoms with Crippen LogP contribution in [0, 0.1) is 0 Å². The van der Waals surface area contributed by atoms with Gasteiger partial charge in [0, 0.05) is 12.8 Å². The molecular formula is C61H120NO8+. The molecule has 2 unspecified atom stereocenters. The number of hydrogen-bond donors (Lipinski definition) is 1. The Morgan fingerprint density at radius 2 is 0.643 bits per heavy atom. The van der Waals surface area contributed by atoms with Crippen LogP contribution in [0.4, 0.5) is 0 Å². The molecule has 9 heteroatoms. The van der Waals surface area contributed by atoms with Crippen molar-refractivity contribution in [3.8, 4) is 0 Å². The van der Waals surface area contributed by atoms with E-state index in [-0.39, 0.29) is 38.2 Å². The van der Waals surface area contributed by atoms with Crippen LogP contribution in [0.5, 0.6) is 0 Å². The number of quaternary nitrogens is 1. The lowest BCUT2D eigenvalue weighted by Gasteiger charge is -2.25. The predicted molar refractivity (Wildman–Crippen MR) is 295 cm³/mol. The summed E-state index contributed by atoms with van der Waals surface area (Å²) in [6, 6.07) is 0. The third-order valence-electron chi connectivity index (χ3n) is 14.1. The maximum atomic E-state index is 12.9. The number of aliphatic carboxylic acids is 1. The first-order valence-corrected chi connectivity index (χ1v) is 30.7. The zero-order valence-electron chi connectivity index (χ0n) is 47.5. The molecular weight excluding hydrogens is 875 g/mol. The SMILES string of the molecule is CCCCCCCCCCCCCCCCCCCCCCCCCCC(=O)OC(COC(=O)CCCCCCCCCCCCCCCCCCCCCCC)COC(OCC[N+](C)(C)C)C(=O)O. The van der Waals surface area contributed by atoms with E-state index in [1.54, 1.807) is 0 Å². The number of carbonyl (C=O) groups is 3.